The van der Waals surface area contributed by atoms with Crippen molar-refractivity contribution >= 4 is 23.2 Å². The third-order valence-electron chi connectivity index (χ3n) is 3.77. The Balaban J connectivity index is 2.06. The Morgan fingerprint density at radius 1 is 1.12 bits per heavy atom. The molecule has 2 aromatic rings. The number of benzene rings is 2. The molecule has 0 radical (unpaired) electrons. The van der Waals surface area contributed by atoms with Crippen LogP contribution in [-0.4, -0.2) is 24.5 Å². The molecule has 0 aliphatic rings. The first-order chi connectivity index (χ1) is 12.4. The second-order valence-electron chi connectivity index (χ2n) is 6.36. The molecular weight excluding hydrogens is 328 g/mol. The van der Waals surface area contributed by atoms with E-state index in [2.05, 4.69) is 5.32 Å². The lowest BCUT2D eigenvalue weighted by Crippen LogP contribution is -2.33. The molecule has 26 heavy (non-hydrogen) atoms. The van der Waals surface area contributed by atoms with Crippen LogP contribution < -0.4 is 15.0 Å². The quantitative estimate of drug-likeness (QED) is 0.760. The first-order valence-corrected chi connectivity index (χ1v) is 8.83. The summed E-state index contributed by atoms with van der Waals surface area (Å²) in [5, 5.41) is 2.78. The highest BCUT2D eigenvalue weighted by Gasteiger charge is 2.18. The van der Waals surface area contributed by atoms with E-state index in [-0.39, 0.29) is 24.3 Å². The molecule has 2 amide bonds. The Morgan fingerprint density at radius 3 is 2.50 bits per heavy atom. The van der Waals surface area contributed by atoms with Gasteiger partial charge in [0.25, 0.3) is 0 Å². The van der Waals surface area contributed by atoms with Gasteiger partial charge in [-0.05, 0) is 57.5 Å². The van der Waals surface area contributed by atoms with E-state index in [4.69, 9.17) is 4.74 Å². The molecule has 0 aromatic heterocycles. The van der Waals surface area contributed by atoms with E-state index in [0.717, 1.165) is 11.3 Å². The van der Waals surface area contributed by atoms with Crippen LogP contribution in [-0.2, 0) is 9.59 Å². The van der Waals surface area contributed by atoms with Crippen molar-refractivity contribution in [1.29, 1.82) is 0 Å². The van der Waals surface area contributed by atoms with Crippen molar-refractivity contribution in [2.45, 2.75) is 40.2 Å². The fraction of sp³-hybridized carbons (Fsp3) is 0.333. The molecule has 0 bridgehead atoms. The summed E-state index contributed by atoms with van der Waals surface area (Å²) in [6.07, 6.45) is -0.232. The lowest BCUT2D eigenvalue weighted by molar-refractivity contribution is -0.125. The Labute approximate surface area is 155 Å². The number of ether oxygens (including phenoxy) is 1. The number of anilines is 2. The van der Waals surface area contributed by atoms with E-state index >= 15 is 0 Å². The lowest BCUT2D eigenvalue weighted by atomic mass is 10.2. The molecule has 138 valence electrons. The van der Waals surface area contributed by atoms with Crippen LogP contribution in [0.1, 0.15) is 32.8 Å². The van der Waals surface area contributed by atoms with E-state index in [1.54, 1.807) is 17.0 Å². The first-order valence-electron chi connectivity index (χ1n) is 8.83. The van der Waals surface area contributed by atoms with Crippen LogP contribution in [0.5, 0.6) is 5.75 Å². The van der Waals surface area contributed by atoms with Crippen molar-refractivity contribution < 1.29 is 14.3 Å². The van der Waals surface area contributed by atoms with Gasteiger partial charge in [0.15, 0.2) is 0 Å². The van der Waals surface area contributed by atoms with E-state index < -0.39 is 0 Å². The molecule has 5 nitrogen and oxygen atoms in total. The maximum Gasteiger partial charge on any atom is 0.236 e. The third-order valence-corrected chi connectivity index (χ3v) is 3.77. The fourth-order valence-electron chi connectivity index (χ4n) is 2.65. The van der Waals surface area contributed by atoms with Crippen LogP contribution in [0.4, 0.5) is 11.4 Å². The van der Waals surface area contributed by atoms with Gasteiger partial charge in [0.1, 0.15) is 12.2 Å². The number of nitrogens with one attached hydrogen (secondary N) is 1. The number of amides is 2. The Morgan fingerprint density at radius 2 is 1.85 bits per heavy atom. The van der Waals surface area contributed by atoms with Crippen LogP contribution in [0.3, 0.4) is 0 Å². The van der Waals surface area contributed by atoms with Gasteiger partial charge in [0, 0.05) is 12.2 Å². The predicted molar refractivity (Wildman–Crippen MR) is 105 cm³/mol. The number of carbonyl (C=O) groups excluding carboxylic acids is 2. The summed E-state index contributed by atoms with van der Waals surface area (Å²) in [6, 6.07) is 14.9. The average molecular weight is 354 g/mol. The van der Waals surface area contributed by atoms with Crippen LogP contribution in [0.2, 0.25) is 0 Å². The minimum absolute atomic E-state index is 0.00779. The molecule has 0 aliphatic carbocycles. The predicted octanol–water partition coefficient (Wildman–Crippen LogP) is 4.16. The largest absolute Gasteiger partial charge is 0.489 e. The SMILES string of the molecule is CCN(C(=O)CC(=O)Nc1ccccc1OC(C)C)c1cccc(C)c1. The number of rotatable bonds is 7. The van der Waals surface area contributed by atoms with Crippen LogP contribution in [0.25, 0.3) is 0 Å². The van der Waals surface area contributed by atoms with Crippen molar-refractivity contribution in [2.75, 3.05) is 16.8 Å². The standard InChI is InChI=1S/C21H26N2O3/c1-5-23(17-10-8-9-16(4)13-17)21(25)14-20(24)22-18-11-6-7-12-19(18)26-15(2)3/h6-13,15H,5,14H2,1-4H3,(H,22,24). The average Bonchev–Trinajstić information content (AvgIpc) is 2.57. The molecule has 0 spiro atoms. The normalized spacial score (nSPS) is 10.5. The summed E-state index contributed by atoms with van der Waals surface area (Å²) in [5.74, 6) is -0.00639. The monoisotopic (exact) mass is 354 g/mol. The molecule has 0 atom stereocenters. The van der Waals surface area contributed by atoms with Gasteiger partial charge in [-0.25, -0.2) is 0 Å². The first kappa shape index (κ1) is 19.5. The smallest absolute Gasteiger partial charge is 0.236 e. The summed E-state index contributed by atoms with van der Waals surface area (Å²) >= 11 is 0. The lowest BCUT2D eigenvalue weighted by Gasteiger charge is -2.21. The molecule has 5 heteroatoms. The van der Waals surface area contributed by atoms with E-state index in [9.17, 15) is 9.59 Å². The molecule has 1 N–H and O–H groups in total. The van der Waals surface area contributed by atoms with Gasteiger partial charge < -0.3 is 15.0 Å². The maximum atomic E-state index is 12.6. The fourth-order valence-corrected chi connectivity index (χ4v) is 2.65. The number of nitrogens with zero attached hydrogens (tertiary/aromatic N) is 1. The number of aryl methyl sites for hydroxylation is 1. The van der Waals surface area contributed by atoms with Gasteiger partial charge in [-0.1, -0.05) is 24.3 Å². The number of para-hydroxylation sites is 2. The van der Waals surface area contributed by atoms with Crippen LogP contribution >= 0.6 is 0 Å². The summed E-state index contributed by atoms with van der Waals surface area (Å²) in [6.45, 7) is 8.21. The van der Waals surface area contributed by atoms with Gasteiger partial charge in [0.05, 0.1) is 11.8 Å². The zero-order valence-corrected chi connectivity index (χ0v) is 15.8. The minimum Gasteiger partial charge on any atom is -0.489 e. The molecule has 0 fully saturated rings. The minimum atomic E-state index is -0.360. The second-order valence-corrected chi connectivity index (χ2v) is 6.36. The summed E-state index contributed by atoms with van der Waals surface area (Å²) in [4.78, 5) is 26.6. The highest BCUT2D eigenvalue weighted by atomic mass is 16.5. The van der Waals surface area contributed by atoms with Crippen molar-refractivity contribution in [3.05, 3.63) is 54.1 Å². The number of hydrogen-bond donors (Lipinski definition) is 1. The van der Waals surface area contributed by atoms with E-state index in [0.29, 0.717) is 18.0 Å². The van der Waals surface area contributed by atoms with E-state index in [1.165, 1.54) is 0 Å². The van der Waals surface area contributed by atoms with Gasteiger partial charge >= 0.3 is 0 Å². The Hall–Kier alpha value is -2.82. The molecule has 2 rings (SSSR count). The highest BCUT2D eigenvalue weighted by molar-refractivity contribution is 6.09. The van der Waals surface area contributed by atoms with Crippen LogP contribution in [0, 0.1) is 6.92 Å². The van der Waals surface area contributed by atoms with Crippen LogP contribution in [0.15, 0.2) is 48.5 Å². The van der Waals surface area contributed by atoms with Crippen molar-refractivity contribution in [2.24, 2.45) is 0 Å². The third kappa shape index (κ3) is 5.34. The second kappa shape index (κ2) is 9.04. The molecule has 0 heterocycles. The molecule has 2 aromatic carbocycles. The Kier molecular flexibility index (Phi) is 6.78. The van der Waals surface area contributed by atoms with Gasteiger partial charge in [-0.2, -0.15) is 0 Å². The van der Waals surface area contributed by atoms with Gasteiger partial charge in [-0.3, -0.25) is 9.59 Å². The zero-order valence-electron chi connectivity index (χ0n) is 15.8. The molecule has 0 aliphatic heterocycles. The number of carbonyl (C=O) groups is 2. The maximum absolute atomic E-state index is 12.6. The van der Waals surface area contributed by atoms with E-state index in [1.807, 2.05) is 64.1 Å². The highest BCUT2D eigenvalue weighted by Crippen LogP contribution is 2.25. The van der Waals surface area contributed by atoms with Crippen molar-refractivity contribution in [1.82, 2.24) is 0 Å². The molecule has 0 saturated carbocycles. The molecule has 0 unspecified atom stereocenters. The van der Waals surface area contributed by atoms with Crippen molar-refractivity contribution in [3.8, 4) is 5.75 Å². The molecule has 0 saturated heterocycles. The van der Waals surface area contributed by atoms with Gasteiger partial charge in [-0.15, -0.1) is 0 Å². The summed E-state index contributed by atoms with van der Waals surface area (Å²) in [5.41, 5.74) is 2.43. The Bertz CT molecular complexity index is 771. The topological polar surface area (TPSA) is 58.6 Å². The summed E-state index contributed by atoms with van der Waals surface area (Å²) in [7, 11) is 0. The zero-order chi connectivity index (χ0) is 19.1. The van der Waals surface area contributed by atoms with Crippen molar-refractivity contribution in [3.63, 3.8) is 0 Å². The number of hydrogen-bond acceptors (Lipinski definition) is 3. The van der Waals surface area contributed by atoms with Gasteiger partial charge in [0.2, 0.25) is 11.8 Å². The molecular formula is C21H26N2O3. The summed E-state index contributed by atoms with van der Waals surface area (Å²) < 4.78 is 5.69.